The van der Waals surface area contributed by atoms with E-state index in [2.05, 4.69) is 16.0 Å². The van der Waals surface area contributed by atoms with Crippen LogP contribution in [0, 0.1) is 0 Å². The van der Waals surface area contributed by atoms with Crippen LogP contribution in [0.3, 0.4) is 0 Å². The largest absolute Gasteiger partial charge is 0.342 e. The Morgan fingerprint density at radius 3 is 2.55 bits per heavy atom. The maximum Gasteiger partial charge on any atom is 0.322 e. The molecule has 7 nitrogen and oxygen atoms in total. The fourth-order valence-electron chi connectivity index (χ4n) is 2.85. The van der Waals surface area contributed by atoms with Crippen LogP contribution in [0.2, 0.25) is 0 Å². The third-order valence-electron chi connectivity index (χ3n) is 4.33. The van der Waals surface area contributed by atoms with Crippen molar-refractivity contribution in [1.29, 1.82) is 0 Å². The number of piperidine rings is 1. The van der Waals surface area contributed by atoms with Gasteiger partial charge >= 0.3 is 6.03 Å². The molecular formula is C13H20N4O3. The Labute approximate surface area is 117 Å². The van der Waals surface area contributed by atoms with E-state index in [0.717, 1.165) is 6.54 Å². The molecule has 110 valence electrons. The summed E-state index contributed by atoms with van der Waals surface area (Å²) in [6.07, 6.45) is 3.92. The van der Waals surface area contributed by atoms with Gasteiger partial charge in [-0.25, -0.2) is 4.79 Å². The van der Waals surface area contributed by atoms with Gasteiger partial charge in [-0.15, -0.1) is 0 Å². The van der Waals surface area contributed by atoms with E-state index in [1.807, 2.05) is 0 Å². The predicted molar refractivity (Wildman–Crippen MR) is 70.9 cm³/mol. The second-order valence-corrected chi connectivity index (χ2v) is 5.85. The number of likely N-dealkylation sites (tertiary alicyclic amines) is 1. The summed E-state index contributed by atoms with van der Waals surface area (Å²) >= 11 is 0. The third-order valence-corrected chi connectivity index (χ3v) is 4.33. The van der Waals surface area contributed by atoms with Crippen molar-refractivity contribution in [2.24, 2.45) is 0 Å². The molecule has 0 unspecified atom stereocenters. The smallest absolute Gasteiger partial charge is 0.322 e. The predicted octanol–water partition coefficient (Wildman–Crippen LogP) is -0.671. The maximum absolute atomic E-state index is 12.0. The van der Waals surface area contributed by atoms with E-state index in [1.165, 1.54) is 12.8 Å². The first kappa shape index (κ1) is 13.4. The minimum Gasteiger partial charge on any atom is -0.342 e. The van der Waals surface area contributed by atoms with Crippen LogP contribution < -0.4 is 16.0 Å². The standard InChI is InChI=1S/C13H20N4O3/c18-10(3-6-14-9-1-2-9)17-7-4-13(5-8-17)11(19)15-12(20)16-13/h9,14H,1-8H2,(H2,15,16,19,20). The number of hydrogen-bond acceptors (Lipinski definition) is 4. The Balaban J connectivity index is 1.46. The number of imide groups is 1. The number of carbonyl (C=O) groups is 3. The Kier molecular flexibility index (Phi) is 3.37. The number of hydrogen-bond donors (Lipinski definition) is 3. The van der Waals surface area contributed by atoms with Gasteiger partial charge in [0.2, 0.25) is 5.91 Å². The van der Waals surface area contributed by atoms with E-state index in [0.29, 0.717) is 38.4 Å². The molecule has 7 heteroatoms. The lowest BCUT2D eigenvalue weighted by Gasteiger charge is -2.37. The van der Waals surface area contributed by atoms with E-state index in [9.17, 15) is 14.4 Å². The number of amides is 4. The lowest BCUT2D eigenvalue weighted by atomic mass is 9.87. The summed E-state index contributed by atoms with van der Waals surface area (Å²) in [5, 5.41) is 8.29. The highest BCUT2D eigenvalue weighted by molar-refractivity contribution is 6.07. The molecule has 1 aliphatic carbocycles. The number of rotatable bonds is 4. The van der Waals surface area contributed by atoms with Gasteiger partial charge in [0.05, 0.1) is 0 Å². The molecule has 0 aromatic rings. The van der Waals surface area contributed by atoms with Gasteiger partial charge in [-0.1, -0.05) is 0 Å². The molecule has 0 aromatic heterocycles. The molecule has 2 aliphatic heterocycles. The molecule has 3 N–H and O–H groups in total. The number of carbonyl (C=O) groups excluding carboxylic acids is 3. The maximum atomic E-state index is 12.0. The summed E-state index contributed by atoms with van der Waals surface area (Å²) in [5.74, 6) is -0.136. The van der Waals surface area contributed by atoms with Gasteiger partial charge in [-0.2, -0.15) is 0 Å². The molecule has 0 radical (unpaired) electrons. The summed E-state index contributed by atoms with van der Waals surface area (Å²) in [6, 6.07) is 0.188. The van der Waals surface area contributed by atoms with E-state index in [1.54, 1.807) is 4.90 Å². The van der Waals surface area contributed by atoms with Crippen molar-refractivity contribution >= 4 is 17.8 Å². The number of nitrogens with one attached hydrogen (secondary N) is 3. The molecule has 0 bridgehead atoms. The summed E-state index contributed by atoms with van der Waals surface area (Å²) in [7, 11) is 0. The van der Waals surface area contributed by atoms with Gasteiger partial charge in [0, 0.05) is 32.1 Å². The van der Waals surface area contributed by atoms with Crippen molar-refractivity contribution in [2.45, 2.75) is 43.7 Å². The van der Waals surface area contributed by atoms with Crippen LogP contribution >= 0.6 is 0 Å². The minimum atomic E-state index is -0.792. The molecule has 2 heterocycles. The molecular weight excluding hydrogens is 260 g/mol. The zero-order chi connectivity index (χ0) is 14.2. The van der Waals surface area contributed by atoms with Gasteiger partial charge in [0.1, 0.15) is 5.54 Å². The highest BCUT2D eigenvalue weighted by Crippen LogP contribution is 2.25. The Hall–Kier alpha value is -1.63. The molecule has 0 aromatic carbocycles. The molecule has 20 heavy (non-hydrogen) atoms. The fraction of sp³-hybridized carbons (Fsp3) is 0.769. The second kappa shape index (κ2) is 5.05. The number of urea groups is 1. The number of nitrogens with zero attached hydrogens (tertiary/aromatic N) is 1. The van der Waals surface area contributed by atoms with Gasteiger partial charge < -0.3 is 15.5 Å². The first-order valence-corrected chi connectivity index (χ1v) is 7.24. The minimum absolute atomic E-state index is 0.123. The Bertz CT molecular complexity index is 439. The van der Waals surface area contributed by atoms with Crippen molar-refractivity contribution in [3.8, 4) is 0 Å². The zero-order valence-electron chi connectivity index (χ0n) is 11.4. The van der Waals surface area contributed by atoms with Crippen molar-refractivity contribution in [2.75, 3.05) is 19.6 Å². The van der Waals surface area contributed by atoms with Crippen LogP contribution in [-0.2, 0) is 9.59 Å². The van der Waals surface area contributed by atoms with Crippen molar-refractivity contribution in [3.63, 3.8) is 0 Å². The lowest BCUT2D eigenvalue weighted by Crippen LogP contribution is -2.55. The van der Waals surface area contributed by atoms with Crippen LogP contribution in [-0.4, -0.2) is 54.0 Å². The average Bonchev–Trinajstić information content (AvgIpc) is 3.18. The molecule has 2 saturated heterocycles. The van der Waals surface area contributed by atoms with E-state index < -0.39 is 11.6 Å². The van der Waals surface area contributed by atoms with Gasteiger partial charge in [0.15, 0.2) is 0 Å². The Morgan fingerprint density at radius 1 is 1.30 bits per heavy atom. The average molecular weight is 280 g/mol. The van der Waals surface area contributed by atoms with Crippen molar-refractivity contribution in [1.82, 2.24) is 20.9 Å². The zero-order valence-corrected chi connectivity index (χ0v) is 11.4. The molecule has 3 fully saturated rings. The molecule has 1 spiro atoms. The van der Waals surface area contributed by atoms with Crippen molar-refractivity contribution in [3.05, 3.63) is 0 Å². The fourth-order valence-corrected chi connectivity index (χ4v) is 2.85. The van der Waals surface area contributed by atoms with Crippen LogP contribution in [0.1, 0.15) is 32.1 Å². The first-order chi connectivity index (χ1) is 9.59. The lowest BCUT2D eigenvalue weighted by molar-refractivity contribution is -0.135. The van der Waals surface area contributed by atoms with Crippen LogP contribution in [0.4, 0.5) is 4.79 Å². The normalized spacial score (nSPS) is 24.7. The van der Waals surface area contributed by atoms with Gasteiger partial charge in [0.25, 0.3) is 5.91 Å². The highest BCUT2D eigenvalue weighted by Gasteiger charge is 2.48. The SMILES string of the molecule is O=C1NC(=O)C2(CCN(C(=O)CCNC3CC3)CC2)N1. The molecule has 3 rings (SSSR count). The van der Waals surface area contributed by atoms with Crippen LogP contribution in [0.5, 0.6) is 0 Å². The molecule has 0 atom stereocenters. The summed E-state index contributed by atoms with van der Waals surface area (Å²) in [4.78, 5) is 36.8. The summed E-state index contributed by atoms with van der Waals surface area (Å²) in [5.41, 5.74) is -0.792. The second-order valence-electron chi connectivity index (χ2n) is 5.85. The topological polar surface area (TPSA) is 90.5 Å². The van der Waals surface area contributed by atoms with Crippen LogP contribution in [0.15, 0.2) is 0 Å². The van der Waals surface area contributed by atoms with Gasteiger partial charge in [-0.3, -0.25) is 14.9 Å². The quantitative estimate of drug-likeness (QED) is 0.596. The summed E-state index contributed by atoms with van der Waals surface area (Å²) in [6.45, 7) is 1.77. The molecule has 1 saturated carbocycles. The monoisotopic (exact) mass is 280 g/mol. The molecule has 4 amide bonds. The van der Waals surface area contributed by atoms with E-state index >= 15 is 0 Å². The molecule has 3 aliphatic rings. The van der Waals surface area contributed by atoms with E-state index in [-0.39, 0.29) is 11.8 Å². The third kappa shape index (κ3) is 2.63. The van der Waals surface area contributed by atoms with Crippen LogP contribution in [0.25, 0.3) is 0 Å². The van der Waals surface area contributed by atoms with Crippen molar-refractivity contribution < 1.29 is 14.4 Å². The highest BCUT2D eigenvalue weighted by atomic mass is 16.2. The first-order valence-electron chi connectivity index (χ1n) is 7.24. The van der Waals surface area contributed by atoms with E-state index in [4.69, 9.17) is 0 Å². The Morgan fingerprint density at radius 2 is 2.00 bits per heavy atom. The van der Waals surface area contributed by atoms with Gasteiger partial charge in [-0.05, 0) is 25.7 Å². The summed E-state index contributed by atoms with van der Waals surface area (Å²) < 4.78 is 0.